The van der Waals surface area contributed by atoms with Crippen LogP contribution in [0.1, 0.15) is 11.1 Å². The summed E-state index contributed by atoms with van der Waals surface area (Å²) in [5, 5.41) is 3.95. The molecule has 0 aromatic heterocycles. The molecule has 0 aliphatic carbocycles. The molecule has 0 atom stereocenters. The smallest absolute Gasteiger partial charge is 0.277 e. The number of amides is 1. The van der Waals surface area contributed by atoms with Crippen molar-refractivity contribution in [1.29, 1.82) is 0 Å². The largest absolute Gasteiger partial charge is 0.493 e. The zero-order valence-corrected chi connectivity index (χ0v) is 16.1. The van der Waals surface area contributed by atoms with Gasteiger partial charge in [0.2, 0.25) is 0 Å². The van der Waals surface area contributed by atoms with Crippen molar-refractivity contribution in [1.82, 2.24) is 5.43 Å². The maximum absolute atomic E-state index is 11.8. The highest BCUT2D eigenvalue weighted by atomic mass is 16.5. The van der Waals surface area contributed by atoms with Gasteiger partial charge in [0, 0.05) is 0 Å². The van der Waals surface area contributed by atoms with E-state index < -0.39 is 0 Å². The SMILES string of the molecule is COc1cc(/C=N\NC(=O)COc2ccccc2)ccc1OCc1ccccc1. The van der Waals surface area contributed by atoms with Crippen molar-refractivity contribution in [3.63, 3.8) is 0 Å². The van der Waals surface area contributed by atoms with Crippen LogP contribution in [-0.4, -0.2) is 25.8 Å². The van der Waals surface area contributed by atoms with Crippen molar-refractivity contribution >= 4 is 12.1 Å². The number of hydrazone groups is 1. The van der Waals surface area contributed by atoms with E-state index in [0.29, 0.717) is 23.9 Å². The third-order valence-corrected chi connectivity index (χ3v) is 3.94. The van der Waals surface area contributed by atoms with Gasteiger partial charge >= 0.3 is 0 Å². The van der Waals surface area contributed by atoms with E-state index in [4.69, 9.17) is 14.2 Å². The van der Waals surface area contributed by atoms with E-state index in [9.17, 15) is 4.79 Å². The Kier molecular flexibility index (Phi) is 7.23. The molecular formula is C23H22N2O4. The Balaban J connectivity index is 1.51. The first-order valence-corrected chi connectivity index (χ1v) is 9.09. The Morgan fingerprint density at radius 2 is 1.66 bits per heavy atom. The predicted octanol–water partition coefficient (Wildman–Crippen LogP) is 3.80. The molecule has 29 heavy (non-hydrogen) atoms. The highest BCUT2D eigenvalue weighted by Gasteiger charge is 2.06. The van der Waals surface area contributed by atoms with Crippen LogP contribution in [-0.2, 0) is 11.4 Å². The first-order valence-electron chi connectivity index (χ1n) is 9.09. The number of hydrogen-bond acceptors (Lipinski definition) is 5. The van der Waals surface area contributed by atoms with Crippen LogP contribution in [0.3, 0.4) is 0 Å². The molecule has 0 spiro atoms. The average Bonchev–Trinajstić information content (AvgIpc) is 2.78. The van der Waals surface area contributed by atoms with Gasteiger partial charge in [0.05, 0.1) is 13.3 Å². The van der Waals surface area contributed by atoms with Gasteiger partial charge in [-0.15, -0.1) is 0 Å². The number of carbonyl (C=O) groups excluding carboxylic acids is 1. The van der Waals surface area contributed by atoms with Gasteiger partial charge in [-0.25, -0.2) is 5.43 Å². The summed E-state index contributed by atoms with van der Waals surface area (Å²) in [7, 11) is 1.58. The monoisotopic (exact) mass is 390 g/mol. The van der Waals surface area contributed by atoms with Gasteiger partial charge in [0.25, 0.3) is 5.91 Å². The van der Waals surface area contributed by atoms with Crippen molar-refractivity contribution in [3.8, 4) is 17.2 Å². The quantitative estimate of drug-likeness (QED) is 0.446. The van der Waals surface area contributed by atoms with Crippen LogP contribution < -0.4 is 19.6 Å². The average molecular weight is 390 g/mol. The lowest BCUT2D eigenvalue weighted by Crippen LogP contribution is -2.24. The summed E-state index contributed by atoms with van der Waals surface area (Å²) < 4.78 is 16.6. The van der Waals surface area contributed by atoms with E-state index in [2.05, 4.69) is 10.5 Å². The van der Waals surface area contributed by atoms with Crippen molar-refractivity contribution in [3.05, 3.63) is 90.0 Å². The van der Waals surface area contributed by atoms with Gasteiger partial charge < -0.3 is 14.2 Å². The van der Waals surface area contributed by atoms with Crippen LogP contribution in [0.4, 0.5) is 0 Å². The Labute approximate surface area is 169 Å². The summed E-state index contributed by atoms with van der Waals surface area (Å²) in [6, 6.07) is 24.4. The molecule has 6 heteroatoms. The molecule has 0 saturated heterocycles. The third kappa shape index (κ3) is 6.39. The number of nitrogens with one attached hydrogen (secondary N) is 1. The van der Waals surface area contributed by atoms with E-state index in [0.717, 1.165) is 11.1 Å². The Morgan fingerprint density at radius 1 is 0.931 bits per heavy atom. The summed E-state index contributed by atoms with van der Waals surface area (Å²) in [6.45, 7) is 0.332. The number of ether oxygens (including phenoxy) is 3. The maximum Gasteiger partial charge on any atom is 0.277 e. The highest BCUT2D eigenvalue weighted by molar-refractivity contribution is 5.83. The van der Waals surface area contributed by atoms with E-state index in [1.807, 2.05) is 60.7 Å². The number of hydrogen-bond donors (Lipinski definition) is 1. The molecule has 3 aromatic carbocycles. The predicted molar refractivity (Wildman–Crippen MR) is 111 cm³/mol. The molecule has 0 aliphatic heterocycles. The number of benzene rings is 3. The second-order valence-electron chi connectivity index (χ2n) is 6.08. The fraction of sp³-hybridized carbons (Fsp3) is 0.130. The summed E-state index contributed by atoms with van der Waals surface area (Å²) >= 11 is 0. The van der Waals surface area contributed by atoms with Crippen molar-refractivity contribution in [2.45, 2.75) is 6.61 Å². The molecule has 0 unspecified atom stereocenters. The summed E-state index contributed by atoms with van der Waals surface area (Å²) in [5.41, 5.74) is 4.27. The normalized spacial score (nSPS) is 10.5. The molecule has 1 N–H and O–H groups in total. The summed E-state index contributed by atoms with van der Waals surface area (Å²) in [4.78, 5) is 11.8. The van der Waals surface area contributed by atoms with Crippen LogP contribution in [0.2, 0.25) is 0 Å². The van der Waals surface area contributed by atoms with Gasteiger partial charge in [-0.3, -0.25) is 4.79 Å². The fourth-order valence-corrected chi connectivity index (χ4v) is 2.50. The maximum atomic E-state index is 11.8. The highest BCUT2D eigenvalue weighted by Crippen LogP contribution is 2.28. The lowest BCUT2D eigenvalue weighted by molar-refractivity contribution is -0.123. The minimum absolute atomic E-state index is 0.114. The number of para-hydroxylation sites is 1. The summed E-state index contributed by atoms with van der Waals surface area (Å²) in [5.74, 6) is 1.50. The van der Waals surface area contributed by atoms with Gasteiger partial charge in [0.15, 0.2) is 18.1 Å². The topological polar surface area (TPSA) is 69.2 Å². The summed E-state index contributed by atoms with van der Waals surface area (Å²) in [6.07, 6.45) is 1.53. The lowest BCUT2D eigenvalue weighted by atomic mass is 10.2. The molecule has 0 aliphatic rings. The first kappa shape index (κ1) is 19.9. The number of carbonyl (C=O) groups is 1. The molecular weight excluding hydrogens is 368 g/mol. The minimum atomic E-state index is -0.347. The molecule has 6 nitrogen and oxygen atoms in total. The Hall–Kier alpha value is -3.80. The molecule has 3 rings (SSSR count). The number of methoxy groups -OCH3 is 1. The second kappa shape index (κ2) is 10.5. The Bertz CT molecular complexity index is 944. The van der Waals surface area contributed by atoms with Crippen LogP contribution in [0, 0.1) is 0 Å². The van der Waals surface area contributed by atoms with Crippen LogP contribution in [0.5, 0.6) is 17.2 Å². The van der Waals surface area contributed by atoms with E-state index in [-0.39, 0.29) is 12.5 Å². The standard InChI is InChI=1S/C23H22N2O4/c1-27-22-14-19(12-13-21(22)29-16-18-8-4-2-5-9-18)15-24-25-23(26)17-28-20-10-6-3-7-11-20/h2-15H,16-17H2,1H3,(H,25,26)/b24-15-. The van der Waals surface area contributed by atoms with Crippen molar-refractivity contribution in [2.75, 3.05) is 13.7 Å². The first-order chi connectivity index (χ1) is 14.2. The number of nitrogens with zero attached hydrogens (tertiary/aromatic N) is 1. The second-order valence-corrected chi connectivity index (χ2v) is 6.08. The molecule has 1 amide bonds. The lowest BCUT2D eigenvalue weighted by Gasteiger charge is -2.11. The van der Waals surface area contributed by atoms with Crippen LogP contribution in [0.15, 0.2) is 84.0 Å². The molecule has 0 saturated carbocycles. The number of rotatable bonds is 9. The molecule has 0 radical (unpaired) electrons. The van der Waals surface area contributed by atoms with E-state index >= 15 is 0 Å². The van der Waals surface area contributed by atoms with Crippen molar-refractivity contribution < 1.29 is 19.0 Å². The van der Waals surface area contributed by atoms with Gasteiger partial charge in [-0.1, -0.05) is 48.5 Å². The van der Waals surface area contributed by atoms with Gasteiger partial charge in [-0.2, -0.15) is 5.10 Å². The Morgan fingerprint density at radius 3 is 2.38 bits per heavy atom. The molecule has 0 bridgehead atoms. The zero-order valence-electron chi connectivity index (χ0n) is 16.1. The minimum Gasteiger partial charge on any atom is -0.493 e. The molecule has 148 valence electrons. The van der Waals surface area contributed by atoms with E-state index in [1.54, 1.807) is 25.3 Å². The van der Waals surface area contributed by atoms with Gasteiger partial charge in [0.1, 0.15) is 12.4 Å². The third-order valence-electron chi connectivity index (χ3n) is 3.94. The zero-order chi connectivity index (χ0) is 20.3. The molecule has 3 aromatic rings. The van der Waals surface area contributed by atoms with E-state index in [1.165, 1.54) is 6.21 Å². The van der Waals surface area contributed by atoms with Crippen LogP contribution >= 0.6 is 0 Å². The molecule has 0 heterocycles. The van der Waals surface area contributed by atoms with Crippen LogP contribution in [0.25, 0.3) is 0 Å². The fourth-order valence-electron chi connectivity index (χ4n) is 2.50. The van der Waals surface area contributed by atoms with Crippen molar-refractivity contribution in [2.24, 2.45) is 5.10 Å². The molecule has 0 fully saturated rings. The van der Waals surface area contributed by atoms with Gasteiger partial charge in [-0.05, 0) is 41.5 Å².